The molecule has 0 unspecified atom stereocenters. The number of amides is 1. The first-order chi connectivity index (χ1) is 12.7. The zero-order valence-electron chi connectivity index (χ0n) is 14.7. The lowest BCUT2D eigenvalue weighted by Crippen LogP contribution is -2.42. The van der Waals surface area contributed by atoms with Crippen LogP contribution in [0.15, 0.2) is 59.5 Å². The highest BCUT2D eigenvalue weighted by Crippen LogP contribution is 2.30. The van der Waals surface area contributed by atoms with Crippen molar-refractivity contribution in [2.75, 3.05) is 13.2 Å². The standard InChI is InChI=1S/C20H21N3O3/c1-22-14-21-16-9-10-23(20(24)18-8-5-11-26-18)17(19(16)22)13-25-12-15-6-3-2-4-7-15/h2-8,11,14,17H,9-10,12-13H2,1H3/t17-/m0/s1. The minimum atomic E-state index is -0.187. The topological polar surface area (TPSA) is 60.5 Å². The summed E-state index contributed by atoms with van der Waals surface area (Å²) in [6, 6.07) is 13.3. The number of carbonyl (C=O) groups excluding carboxylic acids is 1. The summed E-state index contributed by atoms with van der Waals surface area (Å²) in [5.74, 6) is 0.235. The van der Waals surface area contributed by atoms with Crippen molar-refractivity contribution in [3.8, 4) is 0 Å². The maximum atomic E-state index is 12.9. The van der Waals surface area contributed by atoms with Crippen LogP contribution in [0.5, 0.6) is 0 Å². The molecular formula is C20H21N3O3. The van der Waals surface area contributed by atoms with Crippen LogP contribution in [-0.2, 0) is 24.8 Å². The second-order valence-corrected chi connectivity index (χ2v) is 6.43. The molecule has 3 heterocycles. The van der Waals surface area contributed by atoms with Gasteiger partial charge in [0, 0.05) is 20.0 Å². The van der Waals surface area contributed by atoms with Gasteiger partial charge >= 0.3 is 0 Å². The summed E-state index contributed by atoms with van der Waals surface area (Å²) >= 11 is 0. The van der Waals surface area contributed by atoms with Gasteiger partial charge in [0.25, 0.3) is 5.91 Å². The van der Waals surface area contributed by atoms with Gasteiger partial charge in [-0.25, -0.2) is 4.98 Å². The van der Waals surface area contributed by atoms with Crippen LogP contribution in [0.4, 0.5) is 0 Å². The molecule has 3 aromatic rings. The number of nitrogens with zero attached hydrogens (tertiary/aromatic N) is 3. The molecule has 1 aliphatic rings. The van der Waals surface area contributed by atoms with Gasteiger partial charge in [-0.05, 0) is 17.7 Å². The molecule has 1 aromatic carbocycles. The second kappa shape index (κ2) is 7.17. The van der Waals surface area contributed by atoms with Crippen molar-refractivity contribution in [2.24, 2.45) is 7.05 Å². The molecule has 0 saturated carbocycles. The van der Waals surface area contributed by atoms with Crippen LogP contribution in [0.25, 0.3) is 0 Å². The summed E-state index contributed by atoms with van der Waals surface area (Å²) in [6.07, 6.45) is 4.06. The number of hydrogen-bond acceptors (Lipinski definition) is 4. The molecule has 0 spiro atoms. The largest absolute Gasteiger partial charge is 0.459 e. The molecule has 2 aromatic heterocycles. The third-order valence-corrected chi connectivity index (χ3v) is 4.72. The molecule has 4 rings (SSSR count). The van der Waals surface area contributed by atoms with Gasteiger partial charge in [-0.1, -0.05) is 30.3 Å². The van der Waals surface area contributed by atoms with E-state index in [0.29, 0.717) is 25.5 Å². The molecule has 0 saturated heterocycles. The summed E-state index contributed by atoms with van der Waals surface area (Å²) in [4.78, 5) is 19.2. The molecule has 0 aliphatic carbocycles. The van der Waals surface area contributed by atoms with Crippen LogP contribution in [-0.4, -0.2) is 33.5 Å². The van der Waals surface area contributed by atoms with Crippen molar-refractivity contribution < 1.29 is 13.9 Å². The number of imidazole rings is 1. The molecule has 0 radical (unpaired) electrons. The third-order valence-electron chi connectivity index (χ3n) is 4.72. The van der Waals surface area contributed by atoms with E-state index in [4.69, 9.17) is 9.15 Å². The first kappa shape index (κ1) is 16.6. The number of furan rings is 1. The molecule has 0 fully saturated rings. The minimum absolute atomic E-state index is 0.116. The maximum absolute atomic E-state index is 12.9. The SMILES string of the molecule is Cn1cnc2c1[C@H](COCc1ccccc1)N(C(=O)c1ccco1)CC2. The lowest BCUT2D eigenvalue weighted by Gasteiger charge is -2.35. The highest BCUT2D eigenvalue weighted by atomic mass is 16.5. The van der Waals surface area contributed by atoms with E-state index in [1.807, 2.05) is 46.8 Å². The first-order valence-corrected chi connectivity index (χ1v) is 8.70. The van der Waals surface area contributed by atoms with Crippen molar-refractivity contribution in [3.63, 3.8) is 0 Å². The van der Waals surface area contributed by atoms with Crippen LogP contribution < -0.4 is 0 Å². The van der Waals surface area contributed by atoms with Gasteiger partial charge in [-0.2, -0.15) is 0 Å². The van der Waals surface area contributed by atoms with Crippen molar-refractivity contribution in [3.05, 3.63) is 77.8 Å². The van der Waals surface area contributed by atoms with Gasteiger partial charge in [0.2, 0.25) is 0 Å². The Labute approximate surface area is 152 Å². The van der Waals surface area contributed by atoms with Gasteiger partial charge in [0.1, 0.15) is 0 Å². The quantitative estimate of drug-likeness (QED) is 0.709. The molecule has 134 valence electrons. The van der Waals surface area contributed by atoms with E-state index in [1.165, 1.54) is 6.26 Å². The van der Waals surface area contributed by atoms with Gasteiger partial charge in [-0.3, -0.25) is 4.79 Å². The molecule has 1 amide bonds. The van der Waals surface area contributed by atoms with Gasteiger partial charge < -0.3 is 18.6 Å². The van der Waals surface area contributed by atoms with Crippen LogP contribution in [0, 0.1) is 0 Å². The highest BCUT2D eigenvalue weighted by Gasteiger charge is 2.35. The number of aryl methyl sites for hydroxylation is 1. The molecule has 1 atom stereocenters. The summed E-state index contributed by atoms with van der Waals surface area (Å²) in [5, 5.41) is 0. The molecule has 26 heavy (non-hydrogen) atoms. The zero-order valence-corrected chi connectivity index (χ0v) is 14.7. The molecule has 6 heteroatoms. The Morgan fingerprint density at radius 1 is 1.27 bits per heavy atom. The predicted molar refractivity (Wildman–Crippen MR) is 95.5 cm³/mol. The summed E-state index contributed by atoms with van der Waals surface area (Å²) in [6.45, 7) is 1.52. The molecule has 0 N–H and O–H groups in total. The summed E-state index contributed by atoms with van der Waals surface area (Å²) in [7, 11) is 1.96. The lowest BCUT2D eigenvalue weighted by atomic mass is 10.0. The Bertz CT molecular complexity index is 871. The van der Waals surface area contributed by atoms with Gasteiger partial charge in [0.05, 0.1) is 43.2 Å². The Balaban J connectivity index is 1.55. The van der Waals surface area contributed by atoms with Crippen LogP contribution >= 0.6 is 0 Å². The van der Waals surface area contributed by atoms with E-state index in [-0.39, 0.29) is 11.9 Å². The molecule has 6 nitrogen and oxygen atoms in total. The number of fused-ring (bicyclic) bond motifs is 1. The van der Waals surface area contributed by atoms with E-state index in [1.54, 1.807) is 18.5 Å². The van der Waals surface area contributed by atoms with E-state index in [2.05, 4.69) is 4.98 Å². The monoisotopic (exact) mass is 351 g/mol. The second-order valence-electron chi connectivity index (χ2n) is 6.43. The van der Waals surface area contributed by atoms with E-state index < -0.39 is 0 Å². The zero-order chi connectivity index (χ0) is 17.9. The van der Waals surface area contributed by atoms with Crippen molar-refractivity contribution in [1.29, 1.82) is 0 Å². The minimum Gasteiger partial charge on any atom is -0.459 e. The van der Waals surface area contributed by atoms with Crippen molar-refractivity contribution in [2.45, 2.75) is 19.1 Å². The Morgan fingerprint density at radius 2 is 2.12 bits per heavy atom. The Kier molecular flexibility index (Phi) is 4.58. The lowest BCUT2D eigenvalue weighted by molar-refractivity contribution is 0.0307. The fraction of sp³-hybridized carbons (Fsp3) is 0.300. The van der Waals surface area contributed by atoms with Crippen LogP contribution in [0.1, 0.15) is 33.5 Å². The highest BCUT2D eigenvalue weighted by molar-refractivity contribution is 5.91. The summed E-state index contributed by atoms with van der Waals surface area (Å²) < 4.78 is 13.3. The van der Waals surface area contributed by atoms with E-state index in [0.717, 1.165) is 23.4 Å². The normalized spacial score (nSPS) is 16.5. The number of benzene rings is 1. The van der Waals surface area contributed by atoms with Crippen molar-refractivity contribution in [1.82, 2.24) is 14.5 Å². The molecule has 0 bridgehead atoms. The van der Waals surface area contributed by atoms with Gasteiger partial charge in [0.15, 0.2) is 5.76 Å². The van der Waals surface area contributed by atoms with E-state index in [9.17, 15) is 4.79 Å². The average molecular weight is 351 g/mol. The first-order valence-electron chi connectivity index (χ1n) is 8.70. The summed E-state index contributed by atoms with van der Waals surface area (Å²) in [5.41, 5.74) is 3.17. The van der Waals surface area contributed by atoms with Gasteiger partial charge in [-0.15, -0.1) is 0 Å². The number of aromatic nitrogens is 2. The molecular weight excluding hydrogens is 330 g/mol. The fourth-order valence-electron chi connectivity index (χ4n) is 3.45. The van der Waals surface area contributed by atoms with Crippen LogP contribution in [0.3, 0.4) is 0 Å². The van der Waals surface area contributed by atoms with E-state index >= 15 is 0 Å². The predicted octanol–water partition coefficient (Wildman–Crippen LogP) is 2.97. The average Bonchev–Trinajstić information content (AvgIpc) is 3.33. The Morgan fingerprint density at radius 3 is 2.88 bits per heavy atom. The number of hydrogen-bond donors (Lipinski definition) is 0. The third kappa shape index (κ3) is 3.15. The fourth-order valence-corrected chi connectivity index (χ4v) is 3.45. The smallest absolute Gasteiger partial charge is 0.290 e. The van der Waals surface area contributed by atoms with Crippen LogP contribution in [0.2, 0.25) is 0 Å². The molecule has 1 aliphatic heterocycles. The maximum Gasteiger partial charge on any atom is 0.290 e. The number of rotatable bonds is 5. The number of ether oxygens (including phenoxy) is 1. The van der Waals surface area contributed by atoms with Crippen molar-refractivity contribution >= 4 is 5.91 Å². The number of carbonyl (C=O) groups is 1. The Hall–Kier alpha value is -2.86.